The second kappa shape index (κ2) is 8.48. The fourth-order valence-electron chi connectivity index (χ4n) is 2.74. The molecule has 1 aromatic rings. The van der Waals surface area contributed by atoms with Gasteiger partial charge in [0, 0.05) is 38.7 Å². The Labute approximate surface area is 148 Å². The molecule has 0 radical (unpaired) electrons. The van der Waals surface area contributed by atoms with Crippen molar-refractivity contribution in [3.05, 3.63) is 35.1 Å². The van der Waals surface area contributed by atoms with Gasteiger partial charge in [-0.2, -0.15) is 13.2 Å². The van der Waals surface area contributed by atoms with Crippen molar-refractivity contribution >= 4 is 11.8 Å². The quantitative estimate of drug-likeness (QED) is 0.776. The average Bonchev–Trinajstić information content (AvgIpc) is 2.58. The van der Waals surface area contributed by atoms with Gasteiger partial charge < -0.3 is 15.0 Å². The zero-order chi connectivity index (χ0) is 19.3. The molecule has 0 aliphatic carbocycles. The van der Waals surface area contributed by atoms with Crippen molar-refractivity contribution in [3.8, 4) is 0 Å². The van der Waals surface area contributed by atoms with Crippen molar-refractivity contribution in [2.75, 3.05) is 26.8 Å². The summed E-state index contributed by atoms with van der Waals surface area (Å²) in [4.78, 5) is 25.6. The highest BCUT2D eigenvalue weighted by Gasteiger charge is 2.32. The second-order valence-corrected chi connectivity index (χ2v) is 6.09. The zero-order valence-electron chi connectivity index (χ0n) is 14.2. The highest BCUT2D eigenvalue weighted by molar-refractivity contribution is 5.83. The van der Waals surface area contributed by atoms with Crippen molar-refractivity contribution in [2.45, 2.75) is 25.6 Å². The molecule has 2 rings (SSSR count). The fourth-order valence-corrected chi connectivity index (χ4v) is 2.74. The maximum absolute atomic E-state index is 13.8. The Hall–Kier alpha value is -2.16. The number of rotatable bonds is 6. The number of ether oxygens (including phenoxy) is 1. The van der Waals surface area contributed by atoms with Gasteiger partial charge in [-0.25, -0.2) is 4.39 Å². The van der Waals surface area contributed by atoms with E-state index in [1.54, 1.807) is 0 Å². The molecule has 1 aromatic carbocycles. The van der Waals surface area contributed by atoms with Gasteiger partial charge in [-0.15, -0.1) is 0 Å². The fraction of sp³-hybridized carbons (Fsp3) is 0.529. The number of piperidine rings is 1. The number of benzene rings is 1. The van der Waals surface area contributed by atoms with E-state index in [1.807, 2.05) is 0 Å². The number of amides is 2. The Morgan fingerprint density at radius 1 is 1.38 bits per heavy atom. The molecule has 1 fully saturated rings. The standard InChI is InChI=1S/C17H20F4N2O3/c1-26-7-6-23-10-12(3-5-15(23)24)16(25)22-9-11-2-4-13(8-14(11)18)17(19,20)21/h2,4,8,12H,3,5-7,9-10H2,1H3,(H,22,25)/t12-/m1/s1. The minimum absolute atomic E-state index is 0.0329. The molecule has 1 heterocycles. The van der Waals surface area contributed by atoms with Crippen LogP contribution in [0.3, 0.4) is 0 Å². The van der Waals surface area contributed by atoms with E-state index in [2.05, 4.69) is 5.32 Å². The predicted molar refractivity (Wildman–Crippen MR) is 84.4 cm³/mol. The van der Waals surface area contributed by atoms with Gasteiger partial charge in [-0.05, 0) is 18.6 Å². The molecule has 0 bridgehead atoms. The van der Waals surface area contributed by atoms with Crippen LogP contribution in [0.5, 0.6) is 0 Å². The van der Waals surface area contributed by atoms with E-state index >= 15 is 0 Å². The molecule has 0 aromatic heterocycles. The Kier molecular flexibility index (Phi) is 6.57. The molecule has 26 heavy (non-hydrogen) atoms. The van der Waals surface area contributed by atoms with Crippen LogP contribution in [0.1, 0.15) is 24.0 Å². The summed E-state index contributed by atoms with van der Waals surface area (Å²) in [6.07, 6.45) is -4.01. The van der Waals surface area contributed by atoms with Crippen molar-refractivity contribution in [1.82, 2.24) is 10.2 Å². The van der Waals surface area contributed by atoms with Crippen molar-refractivity contribution < 1.29 is 31.9 Å². The number of likely N-dealkylation sites (tertiary alicyclic amines) is 1. The zero-order valence-corrected chi connectivity index (χ0v) is 14.2. The van der Waals surface area contributed by atoms with E-state index < -0.39 is 23.5 Å². The largest absolute Gasteiger partial charge is 0.416 e. The maximum Gasteiger partial charge on any atom is 0.416 e. The molecule has 9 heteroatoms. The molecule has 5 nitrogen and oxygen atoms in total. The van der Waals surface area contributed by atoms with Crippen molar-refractivity contribution in [3.63, 3.8) is 0 Å². The summed E-state index contributed by atoms with van der Waals surface area (Å²) in [6.45, 7) is 0.762. The van der Waals surface area contributed by atoms with Gasteiger partial charge in [-0.1, -0.05) is 6.07 Å². The van der Waals surface area contributed by atoms with E-state index in [1.165, 1.54) is 12.0 Å². The van der Waals surface area contributed by atoms with Crippen molar-refractivity contribution in [1.29, 1.82) is 0 Å². The number of halogens is 4. The lowest BCUT2D eigenvalue weighted by atomic mass is 9.96. The molecule has 1 N–H and O–H groups in total. The topological polar surface area (TPSA) is 58.6 Å². The molecular formula is C17H20F4N2O3. The van der Waals surface area contributed by atoms with Crippen LogP contribution in [-0.2, 0) is 27.0 Å². The average molecular weight is 376 g/mol. The first kappa shape index (κ1) is 20.2. The predicted octanol–water partition coefficient (Wildman–Crippen LogP) is 2.35. The number of methoxy groups -OCH3 is 1. The van der Waals surface area contributed by atoms with E-state index in [0.29, 0.717) is 25.6 Å². The molecule has 1 aliphatic heterocycles. The number of nitrogens with zero attached hydrogens (tertiary/aromatic N) is 1. The van der Waals surface area contributed by atoms with Gasteiger partial charge >= 0.3 is 6.18 Å². The summed E-state index contributed by atoms with van der Waals surface area (Å²) < 4.78 is 56.3. The van der Waals surface area contributed by atoms with E-state index in [4.69, 9.17) is 4.74 Å². The third-order valence-corrected chi connectivity index (χ3v) is 4.27. The maximum atomic E-state index is 13.8. The third kappa shape index (κ3) is 5.17. The molecular weight excluding hydrogens is 356 g/mol. The van der Waals surface area contributed by atoms with Gasteiger partial charge in [0.15, 0.2) is 0 Å². The first-order valence-electron chi connectivity index (χ1n) is 8.12. The minimum Gasteiger partial charge on any atom is -0.383 e. The highest BCUT2D eigenvalue weighted by Crippen LogP contribution is 2.30. The molecule has 1 saturated heterocycles. The lowest BCUT2D eigenvalue weighted by Crippen LogP contribution is -2.46. The first-order valence-corrected chi connectivity index (χ1v) is 8.12. The van der Waals surface area contributed by atoms with Crippen LogP contribution in [0.15, 0.2) is 18.2 Å². The van der Waals surface area contributed by atoms with Crippen molar-refractivity contribution in [2.24, 2.45) is 5.92 Å². The number of carbonyl (C=O) groups excluding carboxylic acids is 2. The van der Waals surface area contributed by atoms with Gasteiger partial charge in [0.1, 0.15) is 5.82 Å². The Balaban J connectivity index is 1.93. The summed E-state index contributed by atoms with van der Waals surface area (Å²) >= 11 is 0. The lowest BCUT2D eigenvalue weighted by Gasteiger charge is -2.31. The summed E-state index contributed by atoms with van der Waals surface area (Å²) in [5.41, 5.74) is -1.11. The second-order valence-electron chi connectivity index (χ2n) is 6.09. The summed E-state index contributed by atoms with van der Waals surface area (Å²) in [5, 5.41) is 2.53. The number of hydrogen-bond donors (Lipinski definition) is 1. The Morgan fingerprint density at radius 3 is 2.73 bits per heavy atom. The molecule has 0 unspecified atom stereocenters. The molecule has 2 amide bonds. The molecule has 1 atom stereocenters. The number of alkyl halides is 3. The Bertz CT molecular complexity index is 664. The normalized spacial score (nSPS) is 18.1. The number of carbonyl (C=O) groups is 2. The summed E-state index contributed by atoms with van der Waals surface area (Å²) in [7, 11) is 1.51. The molecule has 1 aliphatic rings. The van der Waals surface area contributed by atoms with Crippen LogP contribution in [0.25, 0.3) is 0 Å². The minimum atomic E-state index is -4.62. The van der Waals surface area contributed by atoms with Crippen LogP contribution in [0.4, 0.5) is 17.6 Å². The molecule has 0 spiro atoms. The van der Waals surface area contributed by atoms with Crippen LogP contribution >= 0.6 is 0 Å². The van der Waals surface area contributed by atoms with E-state index in [0.717, 1.165) is 12.1 Å². The third-order valence-electron chi connectivity index (χ3n) is 4.27. The van der Waals surface area contributed by atoms with Crippen LogP contribution in [0.2, 0.25) is 0 Å². The molecule has 0 saturated carbocycles. The van der Waals surface area contributed by atoms with Crippen LogP contribution < -0.4 is 5.32 Å². The number of nitrogens with one attached hydrogen (secondary N) is 1. The summed E-state index contributed by atoms with van der Waals surface area (Å²) in [6, 6.07) is 2.19. The van der Waals surface area contributed by atoms with Crippen LogP contribution in [-0.4, -0.2) is 43.5 Å². The molecule has 144 valence electrons. The highest BCUT2D eigenvalue weighted by atomic mass is 19.4. The van der Waals surface area contributed by atoms with Gasteiger partial charge in [0.2, 0.25) is 11.8 Å². The number of hydrogen-bond acceptors (Lipinski definition) is 3. The monoisotopic (exact) mass is 376 g/mol. The van der Waals surface area contributed by atoms with Gasteiger partial charge in [-0.3, -0.25) is 9.59 Å². The first-order chi connectivity index (χ1) is 12.2. The lowest BCUT2D eigenvalue weighted by molar-refractivity contribution is -0.139. The summed E-state index contributed by atoms with van der Waals surface area (Å²) in [5.74, 6) is -1.89. The van der Waals surface area contributed by atoms with E-state index in [9.17, 15) is 27.2 Å². The SMILES string of the molecule is COCCN1C[C@H](C(=O)NCc2ccc(C(F)(F)F)cc2F)CCC1=O. The van der Waals surface area contributed by atoms with E-state index in [-0.39, 0.29) is 36.9 Å². The smallest absolute Gasteiger partial charge is 0.383 e. The van der Waals surface area contributed by atoms with Crippen LogP contribution in [0, 0.1) is 11.7 Å². The Morgan fingerprint density at radius 2 is 2.12 bits per heavy atom. The van der Waals surface area contributed by atoms with Gasteiger partial charge in [0.05, 0.1) is 18.1 Å². The van der Waals surface area contributed by atoms with Gasteiger partial charge in [0.25, 0.3) is 0 Å².